The van der Waals surface area contributed by atoms with Crippen LogP contribution in [0.3, 0.4) is 0 Å². The molecular weight excluding hydrogens is 476 g/mol. The Morgan fingerprint density at radius 2 is 1.93 bits per heavy atom. The summed E-state index contributed by atoms with van der Waals surface area (Å²) in [5.74, 6) is -0.316. The van der Waals surface area contributed by atoms with E-state index in [1.165, 1.54) is 16.7 Å². The average Bonchev–Trinajstić information content (AvgIpc) is 3.17. The Balaban J connectivity index is 1.49. The number of benzene rings is 2. The van der Waals surface area contributed by atoms with Crippen molar-refractivity contribution >= 4 is 56.8 Å². The minimum atomic E-state index is -0.311. The number of nitrogens with zero attached hydrogens (tertiary/aromatic N) is 2. The largest absolute Gasteiger partial charge is 0.336 e. The van der Waals surface area contributed by atoms with Gasteiger partial charge in [0.15, 0.2) is 5.16 Å². The molecule has 150 valence electrons. The lowest BCUT2D eigenvalue weighted by Crippen LogP contribution is -2.36. The molecule has 3 rings (SSSR count). The highest BCUT2D eigenvalue weighted by Crippen LogP contribution is 2.23. The van der Waals surface area contributed by atoms with Crippen molar-refractivity contribution in [2.45, 2.75) is 5.16 Å². The van der Waals surface area contributed by atoms with Gasteiger partial charge in [0.05, 0.1) is 34.9 Å². The van der Waals surface area contributed by atoms with E-state index in [0.717, 1.165) is 15.7 Å². The van der Waals surface area contributed by atoms with E-state index in [9.17, 15) is 9.59 Å². The van der Waals surface area contributed by atoms with E-state index in [2.05, 4.69) is 31.2 Å². The zero-order valence-corrected chi connectivity index (χ0v) is 18.6. The van der Waals surface area contributed by atoms with E-state index in [0.29, 0.717) is 15.9 Å². The lowest BCUT2D eigenvalue weighted by Gasteiger charge is -2.16. The molecule has 2 aromatic carbocycles. The van der Waals surface area contributed by atoms with E-state index < -0.39 is 0 Å². The van der Waals surface area contributed by atoms with Crippen LogP contribution in [0.15, 0.2) is 64.4 Å². The Kier molecular flexibility index (Phi) is 7.35. The van der Waals surface area contributed by atoms with Crippen molar-refractivity contribution in [2.75, 3.05) is 24.7 Å². The Labute approximate surface area is 186 Å². The average molecular weight is 494 g/mol. The van der Waals surface area contributed by atoms with Crippen molar-refractivity contribution in [1.82, 2.24) is 14.9 Å². The van der Waals surface area contributed by atoms with Crippen LogP contribution in [0.2, 0.25) is 5.02 Å². The Bertz CT molecular complexity index is 1010. The van der Waals surface area contributed by atoms with Crippen LogP contribution in [0, 0.1) is 0 Å². The monoisotopic (exact) mass is 492 g/mol. The third kappa shape index (κ3) is 6.09. The molecule has 0 saturated carbocycles. The van der Waals surface area contributed by atoms with Gasteiger partial charge in [0.2, 0.25) is 11.8 Å². The van der Waals surface area contributed by atoms with Crippen molar-refractivity contribution in [3.63, 3.8) is 0 Å². The number of thioether (sulfide) groups is 1. The fourth-order valence-corrected chi connectivity index (χ4v) is 3.69. The molecule has 0 unspecified atom stereocenters. The molecular formula is C20H18BrClN4O2S. The topological polar surface area (TPSA) is 78.1 Å². The normalized spacial score (nSPS) is 10.6. The molecule has 0 saturated heterocycles. The number of rotatable bonds is 7. The summed E-state index contributed by atoms with van der Waals surface area (Å²) in [6.45, 7) is -0.0626. The number of imidazole rings is 1. The molecule has 1 aromatic heterocycles. The van der Waals surface area contributed by atoms with E-state index in [-0.39, 0.29) is 24.1 Å². The summed E-state index contributed by atoms with van der Waals surface area (Å²) in [6.07, 6.45) is 1.73. The lowest BCUT2D eigenvalue weighted by atomic mass is 10.2. The summed E-state index contributed by atoms with van der Waals surface area (Å²) in [6, 6.07) is 14.8. The molecule has 0 aliphatic carbocycles. The first-order valence-corrected chi connectivity index (χ1v) is 10.8. The number of amides is 2. The van der Waals surface area contributed by atoms with Gasteiger partial charge in [0.25, 0.3) is 0 Å². The summed E-state index contributed by atoms with van der Waals surface area (Å²) in [7, 11) is 1.59. The van der Waals surface area contributed by atoms with Gasteiger partial charge in [-0.2, -0.15) is 0 Å². The zero-order valence-electron chi connectivity index (χ0n) is 15.5. The van der Waals surface area contributed by atoms with Crippen LogP contribution in [-0.4, -0.2) is 46.0 Å². The van der Waals surface area contributed by atoms with E-state index in [4.69, 9.17) is 11.6 Å². The predicted molar refractivity (Wildman–Crippen MR) is 120 cm³/mol. The second-order valence-electron chi connectivity index (χ2n) is 6.18. The van der Waals surface area contributed by atoms with Gasteiger partial charge in [-0.3, -0.25) is 9.59 Å². The molecule has 2 amide bonds. The smallest absolute Gasteiger partial charge is 0.244 e. The molecule has 0 bridgehead atoms. The van der Waals surface area contributed by atoms with Gasteiger partial charge in [0.1, 0.15) is 0 Å². The maximum absolute atomic E-state index is 12.3. The number of hydrogen-bond donors (Lipinski definition) is 2. The molecule has 2 N–H and O–H groups in total. The molecule has 3 aromatic rings. The van der Waals surface area contributed by atoms with Crippen molar-refractivity contribution < 1.29 is 9.59 Å². The summed E-state index contributed by atoms with van der Waals surface area (Å²) in [4.78, 5) is 33.4. The van der Waals surface area contributed by atoms with Crippen LogP contribution < -0.4 is 5.32 Å². The molecule has 0 radical (unpaired) electrons. The van der Waals surface area contributed by atoms with Crippen LogP contribution in [0.4, 0.5) is 5.69 Å². The van der Waals surface area contributed by atoms with E-state index >= 15 is 0 Å². The van der Waals surface area contributed by atoms with Gasteiger partial charge in [-0.25, -0.2) is 4.98 Å². The second kappa shape index (κ2) is 9.96. The zero-order chi connectivity index (χ0) is 20.8. The number of carbonyl (C=O) groups excluding carboxylic acids is 2. The number of hydrogen-bond acceptors (Lipinski definition) is 4. The van der Waals surface area contributed by atoms with Crippen LogP contribution >= 0.6 is 39.3 Å². The number of aromatic nitrogens is 2. The van der Waals surface area contributed by atoms with Crippen LogP contribution in [-0.2, 0) is 9.59 Å². The quantitative estimate of drug-likeness (QED) is 0.468. The number of nitrogens with one attached hydrogen (secondary N) is 2. The minimum Gasteiger partial charge on any atom is -0.336 e. The molecule has 29 heavy (non-hydrogen) atoms. The SMILES string of the molecule is CN(CC(=O)Nc1ccccc1Cl)C(=O)CSc1ncc(-c2ccc(Br)cc2)[nH]1. The summed E-state index contributed by atoms with van der Waals surface area (Å²) in [5.41, 5.74) is 2.40. The highest BCUT2D eigenvalue weighted by molar-refractivity contribution is 9.10. The van der Waals surface area contributed by atoms with Gasteiger partial charge in [0, 0.05) is 11.5 Å². The Hall–Kier alpha value is -2.29. The Morgan fingerprint density at radius 1 is 1.21 bits per heavy atom. The van der Waals surface area contributed by atoms with Crippen molar-refractivity contribution in [3.05, 3.63) is 64.2 Å². The minimum absolute atomic E-state index is 0.0626. The molecule has 0 atom stereocenters. The highest BCUT2D eigenvalue weighted by atomic mass is 79.9. The fraction of sp³-hybridized carbons (Fsp3) is 0.150. The Morgan fingerprint density at radius 3 is 2.66 bits per heavy atom. The number of H-pyrrole nitrogens is 1. The molecule has 1 heterocycles. The van der Waals surface area contributed by atoms with Crippen molar-refractivity contribution in [3.8, 4) is 11.3 Å². The van der Waals surface area contributed by atoms with E-state index in [1.807, 2.05) is 24.3 Å². The first-order valence-electron chi connectivity index (χ1n) is 8.64. The molecule has 0 spiro atoms. The maximum atomic E-state index is 12.3. The maximum Gasteiger partial charge on any atom is 0.244 e. The second-order valence-corrected chi connectivity index (χ2v) is 8.46. The van der Waals surface area contributed by atoms with Gasteiger partial charge in [-0.05, 0) is 29.8 Å². The summed E-state index contributed by atoms with van der Waals surface area (Å²) < 4.78 is 1.00. The lowest BCUT2D eigenvalue weighted by molar-refractivity contribution is -0.131. The van der Waals surface area contributed by atoms with Gasteiger partial charge >= 0.3 is 0 Å². The number of aromatic amines is 1. The van der Waals surface area contributed by atoms with Crippen molar-refractivity contribution in [2.24, 2.45) is 0 Å². The molecule has 0 aliphatic rings. The predicted octanol–water partition coefficient (Wildman–Crippen LogP) is 4.68. The highest BCUT2D eigenvalue weighted by Gasteiger charge is 2.15. The number of likely N-dealkylation sites (N-methyl/N-ethyl adjacent to an activating group) is 1. The number of para-hydroxylation sites is 1. The first-order chi connectivity index (χ1) is 13.9. The molecule has 0 fully saturated rings. The third-order valence-electron chi connectivity index (χ3n) is 3.99. The molecule has 6 nitrogen and oxygen atoms in total. The number of halogens is 2. The third-order valence-corrected chi connectivity index (χ3v) is 5.73. The fourth-order valence-electron chi connectivity index (χ4n) is 2.45. The van der Waals surface area contributed by atoms with Gasteiger partial charge < -0.3 is 15.2 Å². The summed E-state index contributed by atoms with van der Waals surface area (Å²) in [5, 5.41) is 3.79. The van der Waals surface area contributed by atoms with Crippen LogP contribution in [0.25, 0.3) is 11.3 Å². The van der Waals surface area contributed by atoms with Crippen LogP contribution in [0.5, 0.6) is 0 Å². The van der Waals surface area contributed by atoms with E-state index in [1.54, 1.807) is 37.5 Å². The van der Waals surface area contributed by atoms with Gasteiger partial charge in [-0.1, -0.05) is 63.6 Å². The van der Waals surface area contributed by atoms with Crippen LogP contribution in [0.1, 0.15) is 0 Å². The standard InChI is InChI=1S/C20H18BrClN4O2S/c1-26(11-18(27)24-16-5-3-2-4-15(16)22)19(28)12-29-20-23-10-17(25-20)13-6-8-14(21)9-7-13/h2-10H,11-12H2,1H3,(H,23,25)(H,24,27). The van der Waals surface area contributed by atoms with Crippen molar-refractivity contribution in [1.29, 1.82) is 0 Å². The summed E-state index contributed by atoms with van der Waals surface area (Å²) >= 11 is 10.7. The van der Waals surface area contributed by atoms with Gasteiger partial charge in [-0.15, -0.1) is 0 Å². The number of anilines is 1. The molecule has 9 heteroatoms. The molecule has 0 aliphatic heterocycles. The first kappa shape index (κ1) is 21.4. The number of carbonyl (C=O) groups is 2.